The Kier molecular flexibility index (Phi) is 7.47. The third-order valence-corrected chi connectivity index (χ3v) is 4.90. The van der Waals surface area contributed by atoms with E-state index >= 15 is 0 Å². The van der Waals surface area contributed by atoms with Crippen LogP contribution < -0.4 is 10.6 Å². The number of carbonyl (C=O) groups is 1. The quantitative estimate of drug-likeness (QED) is 0.751. The fraction of sp³-hybridized carbons (Fsp3) is 0.611. The van der Waals surface area contributed by atoms with Crippen LogP contribution in [0.4, 0.5) is 13.2 Å². The standard InChI is InChI=1S/C18H24F3N5O2.ClH/c1-10(2)13-8-12(15-11(3)25-28-17(15)24-13)16(27)23-9-14(18(19,20)21)26-6-4-22-5-7-26;/h8,10,14,22H,4-7,9H2,1-3H3,(H,23,27);1H. The number of hydrogen-bond donors (Lipinski definition) is 2. The Morgan fingerprint density at radius 2 is 2.00 bits per heavy atom. The lowest BCUT2D eigenvalue weighted by atomic mass is 10.0. The van der Waals surface area contributed by atoms with E-state index < -0.39 is 24.7 Å². The molecule has 1 aliphatic heterocycles. The Labute approximate surface area is 172 Å². The van der Waals surface area contributed by atoms with Crippen molar-refractivity contribution in [2.24, 2.45) is 0 Å². The van der Waals surface area contributed by atoms with Crippen molar-refractivity contribution in [2.75, 3.05) is 32.7 Å². The minimum atomic E-state index is -4.44. The highest BCUT2D eigenvalue weighted by Gasteiger charge is 2.44. The fourth-order valence-electron chi connectivity index (χ4n) is 3.32. The van der Waals surface area contributed by atoms with Crippen molar-refractivity contribution in [3.8, 4) is 0 Å². The summed E-state index contributed by atoms with van der Waals surface area (Å²) in [5.41, 5.74) is 1.53. The lowest BCUT2D eigenvalue weighted by molar-refractivity contribution is -0.183. The summed E-state index contributed by atoms with van der Waals surface area (Å²) in [5.74, 6) is -0.574. The molecule has 2 aromatic rings. The summed E-state index contributed by atoms with van der Waals surface area (Å²) in [6.07, 6.45) is -4.44. The summed E-state index contributed by atoms with van der Waals surface area (Å²) in [7, 11) is 0. The molecular weight excluding hydrogens is 411 g/mol. The number of rotatable bonds is 5. The smallest absolute Gasteiger partial charge is 0.350 e. The van der Waals surface area contributed by atoms with E-state index in [0.29, 0.717) is 29.9 Å². The Morgan fingerprint density at radius 3 is 2.59 bits per heavy atom. The lowest BCUT2D eigenvalue weighted by Gasteiger charge is -2.35. The highest BCUT2D eigenvalue weighted by atomic mass is 35.5. The van der Waals surface area contributed by atoms with Gasteiger partial charge in [-0.2, -0.15) is 13.2 Å². The van der Waals surface area contributed by atoms with Crippen LogP contribution in [-0.4, -0.2) is 65.9 Å². The molecular formula is C18H25ClF3N5O2. The average molecular weight is 436 g/mol. The van der Waals surface area contributed by atoms with Gasteiger partial charge in [0, 0.05) is 38.4 Å². The SMILES string of the molecule is Cc1noc2nc(C(C)C)cc(C(=O)NCC(N3CCNCC3)C(F)(F)F)c12.Cl. The monoisotopic (exact) mass is 435 g/mol. The third kappa shape index (κ3) is 5.18. The number of halogens is 4. The van der Waals surface area contributed by atoms with Crippen LogP contribution in [0.5, 0.6) is 0 Å². The fourth-order valence-corrected chi connectivity index (χ4v) is 3.32. The number of amides is 1. The molecule has 2 N–H and O–H groups in total. The number of aromatic nitrogens is 2. The van der Waals surface area contributed by atoms with Crippen LogP contribution in [0.1, 0.15) is 41.5 Å². The van der Waals surface area contributed by atoms with E-state index in [-0.39, 0.29) is 42.7 Å². The van der Waals surface area contributed by atoms with Crippen LogP contribution in [0.3, 0.4) is 0 Å². The number of fused-ring (bicyclic) bond motifs is 1. The molecule has 7 nitrogen and oxygen atoms in total. The third-order valence-electron chi connectivity index (χ3n) is 4.90. The van der Waals surface area contributed by atoms with Crippen molar-refractivity contribution in [1.82, 2.24) is 25.7 Å². The minimum Gasteiger partial charge on any atom is -0.350 e. The molecule has 0 radical (unpaired) electrons. The van der Waals surface area contributed by atoms with Crippen LogP contribution in [0.2, 0.25) is 0 Å². The predicted octanol–water partition coefficient (Wildman–Crippen LogP) is 2.64. The Bertz CT molecular complexity index is 850. The number of hydrogen-bond acceptors (Lipinski definition) is 6. The second-order valence-corrected chi connectivity index (χ2v) is 7.25. The summed E-state index contributed by atoms with van der Waals surface area (Å²) in [4.78, 5) is 18.5. The van der Waals surface area contributed by atoms with Crippen LogP contribution >= 0.6 is 12.4 Å². The highest BCUT2D eigenvalue weighted by Crippen LogP contribution is 2.27. The maximum absolute atomic E-state index is 13.5. The molecule has 1 atom stereocenters. The molecule has 1 aliphatic rings. The van der Waals surface area contributed by atoms with Crippen molar-refractivity contribution in [1.29, 1.82) is 0 Å². The van der Waals surface area contributed by atoms with E-state index in [4.69, 9.17) is 4.52 Å². The largest absolute Gasteiger partial charge is 0.405 e. The number of aryl methyl sites for hydroxylation is 1. The molecule has 162 valence electrons. The Balaban J connectivity index is 0.00000300. The second-order valence-electron chi connectivity index (χ2n) is 7.25. The topological polar surface area (TPSA) is 83.3 Å². The number of nitrogens with one attached hydrogen (secondary N) is 2. The molecule has 11 heteroatoms. The Morgan fingerprint density at radius 1 is 1.34 bits per heavy atom. The van der Waals surface area contributed by atoms with Gasteiger partial charge in [0.05, 0.1) is 16.6 Å². The molecule has 0 bridgehead atoms. The first kappa shape index (κ1) is 23.4. The summed E-state index contributed by atoms with van der Waals surface area (Å²) in [6.45, 7) is 6.49. The number of nitrogens with zero attached hydrogens (tertiary/aromatic N) is 3. The molecule has 3 heterocycles. The van der Waals surface area contributed by atoms with Gasteiger partial charge >= 0.3 is 6.18 Å². The van der Waals surface area contributed by atoms with E-state index in [1.54, 1.807) is 13.0 Å². The van der Waals surface area contributed by atoms with Crippen molar-refractivity contribution in [3.63, 3.8) is 0 Å². The molecule has 1 unspecified atom stereocenters. The molecule has 29 heavy (non-hydrogen) atoms. The van der Waals surface area contributed by atoms with E-state index in [9.17, 15) is 18.0 Å². The molecule has 2 aromatic heterocycles. The first-order chi connectivity index (χ1) is 13.2. The van der Waals surface area contributed by atoms with Crippen LogP contribution in [0.25, 0.3) is 11.1 Å². The van der Waals surface area contributed by atoms with Gasteiger partial charge < -0.3 is 15.2 Å². The summed E-state index contributed by atoms with van der Waals surface area (Å²) >= 11 is 0. The summed E-state index contributed by atoms with van der Waals surface area (Å²) < 4.78 is 45.8. The Hall–Kier alpha value is -1.91. The van der Waals surface area contributed by atoms with Gasteiger partial charge in [0.25, 0.3) is 11.6 Å². The lowest BCUT2D eigenvalue weighted by Crippen LogP contribution is -2.57. The maximum Gasteiger partial charge on any atom is 0.405 e. The number of alkyl halides is 3. The molecule has 1 amide bonds. The number of carbonyl (C=O) groups excluding carboxylic acids is 1. The van der Waals surface area contributed by atoms with E-state index in [1.165, 1.54) is 4.90 Å². The van der Waals surface area contributed by atoms with Crippen molar-refractivity contribution < 1.29 is 22.5 Å². The molecule has 3 rings (SSSR count). The van der Waals surface area contributed by atoms with Gasteiger partial charge in [-0.1, -0.05) is 19.0 Å². The van der Waals surface area contributed by atoms with Gasteiger partial charge in [0.2, 0.25) is 0 Å². The second kappa shape index (κ2) is 9.27. The molecule has 0 aromatic carbocycles. The van der Waals surface area contributed by atoms with Crippen molar-refractivity contribution in [3.05, 3.63) is 23.0 Å². The zero-order chi connectivity index (χ0) is 20.5. The van der Waals surface area contributed by atoms with Gasteiger partial charge in [-0.15, -0.1) is 12.4 Å². The first-order valence-electron chi connectivity index (χ1n) is 9.25. The van der Waals surface area contributed by atoms with Crippen LogP contribution in [0, 0.1) is 6.92 Å². The molecule has 0 spiro atoms. The van der Waals surface area contributed by atoms with Gasteiger partial charge in [-0.3, -0.25) is 9.69 Å². The predicted molar refractivity (Wildman–Crippen MR) is 104 cm³/mol. The molecule has 0 saturated carbocycles. The normalized spacial score (nSPS) is 16.7. The van der Waals surface area contributed by atoms with E-state index in [2.05, 4.69) is 20.8 Å². The maximum atomic E-state index is 13.5. The van der Waals surface area contributed by atoms with Gasteiger partial charge in [-0.05, 0) is 18.9 Å². The molecule has 1 fully saturated rings. The average Bonchev–Trinajstić information content (AvgIpc) is 3.02. The zero-order valence-electron chi connectivity index (χ0n) is 16.5. The number of pyridine rings is 1. The van der Waals surface area contributed by atoms with Gasteiger partial charge in [0.15, 0.2) is 0 Å². The summed E-state index contributed by atoms with van der Waals surface area (Å²) in [6, 6.07) is -0.135. The van der Waals surface area contributed by atoms with E-state index in [0.717, 1.165) is 0 Å². The first-order valence-corrected chi connectivity index (χ1v) is 9.25. The van der Waals surface area contributed by atoms with Gasteiger partial charge in [-0.25, -0.2) is 4.98 Å². The molecule has 1 saturated heterocycles. The van der Waals surface area contributed by atoms with Crippen molar-refractivity contribution in [2.45, 2.75) is 38.9 Å². The minimum absolute atomic E-state index is 0. The highest BCUT2D eigenvalue weighted by molar-refractivity contribution is 6.06. The van der Waals surface area contributed by atoms with Crippen molar-refractivity contribution >= 4 is 29.4 Å². The van der Waals surface area contributed by atoms with Crippen LogP contribution in [-0.2, 0) is 0 Å². The zero-order valence-corrected chi connectivity index (χ0v) is 17.3. The number of piperazine rings is 1. The summed E-state index contributed by atoms with van der Waals surface area (Å²) in [5, 5.41) is 9.75. The van der Waals surface area contributed by atoms with Gasteiger partial charge in [0.1, 0.15) is 6.04 Å². The van der Waals surface area contributed by atoms with Crippen LogP contribution in [0.15, 0.2) is 10.6 Å². The van der Waals surface area contributed by atoms with E-state index in [1.807, 2.05) is 13.8 Å². The molecule has 0 aliphatic carbocycles.